The number of carbonyl (C=O) groups excluding carboxylic acids is 1. The van der Waals surface area contributed by atoms with Crippen LogP contribution >= 0.6 is 11.8 Å². The summed E-state index contributed by atoms with van der Waals surface area (Å²) in [4.78, 5) is 16.4. The van der Waals surface area contributed by atoms with E-state index in [1.807, 2.05) is 0 Å². The first kappa shape index (κ1) is 28.8. The number of ether oxygens (including phenoxy) is 2. The molecule has 12 heteroatoms. The summed E-state index contributed by atoms with van der Waals surface area (Å²) in [6.45, 7) is 2.24. The monoisotopic (exact) mass is 584 g/mol. The van der Waals surface area contributed by atoms with Gasteiger partial charge >= 0.3 is 0 Å². The van der Waals surface area contributed by atoms with Crippen molar-refractivity contribution in [3.63, 3.8) is 0 Å². The molecule has 0 radical (unpaired) electrons. The zero-order chi connectivity index (χ0) is 29.0. The van der Waals surface area contributed by atoms with Gasteiger partial charge in [-0.2, -0.15) is 5.10 Å². The second-order valence-electron chi connectivity index (χ2n) is 9.62. The van der Waals surface area contributed by atoms with E-state index in [1.54, 1.807) is 31.2 Å². The Bertz CT molecular complexity index is 1470. The molecule has 1 fully saturated rings. The Hall–Kier alpha value is -3.71. The first-order valence-electron chi connectivity index (χ1n) is 12.8. The molecule has 4 aromatic rings. The molecule has 1 saturated heterocycles. The second kappa shape index (κ2) is 12.4. The van der Waals surface area contributed by atoms with E-state index in [4.69, 9.17) is 9.47 Å². The van der Waals surface area contributed by atoms with Crippen LogP contribution in [0.15, 0.2) is 79.4 Å². The molecule has 214 valence electrons. The molecule has 2 N–H and O–H groups in total. The topological polar surface area (TPSA) is 98.5 Å². The van der Waals surface area contributed by atoms with Gasteiger partial charge in [0.2, 0.25) is 0 Å². The Morgan fingerprint density at radius 2 is 1.76 bits per heavy atom. The Morgan fingerprint density at radius 1 is 1.07 bits per heavy atom. The van der Waals surface area contributed by atoms with E-state index in [-0.39, 0.29) is 42.3 Å². The molecule has 0 spiro atoms. The number of carbonyl (C=O) groups is 1. The molecule has 2 heterocycles. The van der Waals surface area contributed by atoms with Gasteiger partial charge in [-0.1, -0.05) is 25.1 Å². The van der Waals surface area contributed by atoms with Crippen LogP contribution in [0.4, 0.5) is 18.9 Å². The van der Waals surface area contributed by atoms with Crippen LogP contribution in [0.1, 0.15) is 34.7 Å². The van der Waals surface area contributed by atoms with E-state index in [9.17, 15) is 23.1 Å². The molecule has 0 aliphatic carbocycles. The van der Waals surface area contributed by atoms with Crippen LogP contribution in [0.3, 0.4) is 0 Å². The van der Waals surface area contributed by atoms with Crippen molar-refractivity contribution < 1.29 is 32.5 Å². The van der Waals surface area contributed by atoms with Crippen LogP contribution in [0, 0.1) is 17.5 Å². The molecule has 1 aromatic heterocycles. The molecule has 2 atom stereocenters. The summed E-state index contributed by atoms with van der Waals surface area (Å²) in [5.74, 6) is -2.32. The van der Waals surface area contributed by atoms with Gasteiger partial charge in [0, 0.05) is 33.7 Å². The fraction of sp³-hybridized carbons (Fsp3) is 0.276. The molecular formula is C29H27F3N4O4S. The molecule has 1 amide bonds. The van der Waals surface area contributed by atoms with Gasteiger partial charge in [-0.05, 0) is 42.5 Å². The zero-order valence-electron chi connectivity index (χ0n) is 21.9. The molecule has 0 saturated carbocycles. The summed E-state index contributed by atoms with van der Waals surface area (Å²) in [7, 11) is 0. The molecule has 5 rings (SSSR count). The first-order valence-corrected chi connectivity index (χ1v) is 13.7. The number of aliphatic hydroxyl groups is 1. The van der Waals surface area contributed by atoms with E-state index in [0.717, 1.165) is 17.7 Å². The minimum Gasteiger partial charge on any atom is -0.382 e. The number of thioether (sulfide) groups is 1. The third kappa shape index (κ3) is 6.79. The number of hydrogen-bond acceptors (Lipinski definition) is 7. The highest BCUT2D eigenvalue weighted by atomic mass is 32.2. The predicted octanol–water partition coefficient (Wildman–Crippen LogP) is 5.07. The largest absolute Gasteiger partial charge is 0.382 e. The first-order chi connectivity index (χ1) is 19.7. The van der Waals surface area contributed by atoms with Crippen molar-refractivity contribution in [3.05, 3.63) is 114 Å². The van der Waals surface area contributed by atoms with Gasteiger partial charge in [0.05, 0.1) is 25.0 Å². The molecule has 41 heavy (non-hydrogen) atoms. The average Bonchev–Trinajstić information content (AvgIpc) is 3.47. The van der Waals surface area contributed by atoms with Crippen LogP contribution in [-0.2, 0) is 21.6 Å². The number of benzene rings is 3. The third-order valence-corrected chi connectivity index (χ3v) is 8.21. The van der Waals surface area contributed by atoms with Crippen molar-refractivity contribution in [2.75, 3.05) is 18.5 Å². The third-order valence-electron chi connectivity index (χ3n) is 6.75. The number of rotatable bonds is 9. The number of nitrogens with one attached hydrogen (secondary N) is 1. The minimum atomic E-state index is -1.74. The van der Waals surface area contributed by atoms with E-state index < -0.39 is 28.8 Å². The van der Waals surface area contributed by atoms with Crippen molar-refractivity contribution in [1.82, 2.24) is 14.8 Å². The summed E-state index contributed by atoms with van der Waals surface area (Å²) in [5.41, 5.74) is -0.176. The lowest BCUT2D eigenvalue weighted by Gasteiger charge is -2.37. The Labute approximate surface area is 238 Å². The molecule has 8 nitrogen and oxygen atoms in total. The van der Waals surface area contributed by atoms with Gasteiger partial charge in [0.25, 0.3) is 5.91 Å². The van der Waals surface area contributed by atoms with Gasteiger partial charge in [0.15, 0.2) is 6.29 Å². The summed E-state index contributed by atoms with van der Waals surface area (Å²) < 4.78 is 54.8. The van der Waals surface area contributed by atoms with E-state index in [1.165, 1.54) is 59.4 Å². The number of amides is 1. The average molecular weight is 585 g/mol. The maximum absolute atomic E-state index is 14.8. The highest BCUT2D eigenvalue weighted by molar-refractivity contribution is 8.00. The van der Waals surface area contributed by atoms with Gasteiger partial charge < -0.3 is 19.9 Å². The van der Waals surface area contributed by atoms with Crippen LogP contribution in [0.2, 0.25) is 0 Å². The molecular weight excluding hydrogens is 557 g/mol. The Balaban J connectivity index is 1.20. The summed E-state index contributed by atoms with van der Waals surface area (Å²) in [6, 6.07) is 15.3. The van der Waals surface area contributed by atoms with Crippen LogP contribution < -0.4 is 5.32 Å². The van der Waals surface area contributed by atoms with Crippen molar-refractivity contribution in [3.8, 4) is 0 Å². The van der Waals surface area contributed by atoms with Crippen molar-refractivity contribution in [1.29, 1.82) is 0 Å². The fourth-order valence-electron chi connectivity index (χ4n) is 4.52. The summed E-state index contributed by atoms with van der Waals surface area (Å²) in [6.07, 6.45) is 2.07. The lowest BCUT2D eigenvalue weighted by atomic mass is 9.90. The summed E-state index contributed by atoms with van der Waals surface area (Å²) in [5, 5.41) is 17.7. The van der Waals surface area contributed by atoms with Crippen LogP contribution in [0.25, 0.3) is 0 Å². The number of hydrogen-bond donors (Lipinski definition) is 2. The quantitative estimate of drug-likeness (QED) is 0.284. The number of halogens is 3. The minimum absolute atomic E-state index is 0.0477. The zero-order valence-corrected chi connectivity index (χ0v) is 22.7. The Kier molecular flexibility index (Phi) is 8.74. The summed E-state index contributed by atoms with van der Waals surface area (Å²) >= 11 is 1.36. The molecule has 0 unspecified atom stereocenters. The lowest BCUT2D eigenvalue weighted by Crippen LogP contribution is -2.43. The fourth-order valence-corrected chi connectivity index (χ4v) is 5.84. The van der Waals surface area contributed by atoms with E-state index >= 15 is 0 Å². The van der Waals surface area contributed by atoms with Crippen LogP contribution in [0.5, 0.6) is 0 Å². The van der Waals surface area contributed by atoms with E-state index in [2.05, 4.69) is 15.4 Å². The van der Waals surface area contributed by atoms with Gasteiger partial charge in [0.1, 0.15) is 35.7 Å². The maximum atomic E-state index is 14.8. The second-order valence-corrected chi connectivity index (χ2v) is 11.3. The number of anilines is 1. The molecule has 0 bridgehead atoms. The molecule has 1 aliphatic rings. The predicted molar refractivity (Wildman–Crippen MR) is 147 cm³/mol. The van der Waals surface area contributed by atoms with Crippen molar-refractivity contribution in [2.24, 2.45) is 0 Å². The molecule has 1 aliphatic heterocycles. The highest BCUT2D eigenvalue weighted by Gasteiger charge is 2.41. The van der Waals surface area contributed by atoms with Gasteiger partial charge in [-0.3, -0.25) is 4.79 Å². The highest BCUT2D eigenvalue weighted by Crippen LogP contribution is 2.39. The normalized spacial score (nSPS) is 19.3. The maximum Gasteiger partial charge on any atom is 0.255 e. The van der Waals surface area contributed by atoms with Crippen molar-refractivity contribution in [2.45, 2.75) is 35.9 Å². The smallest absolute Gasteiger partial charge is 0.255 e. The molecule has 3 aromatic carbocycles. The Morgan fingerprint density at radius 3 is 2.39 bits per heavy atom. The standard InChI is InChI=1S/C29H27F3N4O4S/c1-18(29(38,15-36-17-33-16-34-36)25-11-8-22(31)12-26(25)32)41-24-13-39-28(40-14-24)20-4-2-19(3-5-20)27(37)35-23-9-6-21(30)7-10-23/h2-12,16-18,24,28,38H,13-15H2,1H3,(H,35,37)/t18-,24?,28?,29-/m1/s1. The number of nitrogens with zero attached hydrogens (tertiary/aromatic N) is 3. The number of aromatic nitrogens is 3. The van der Waals surface area contributed by atoms with Gasteiger partial charge in [-0.15, -0.1) is 11.8 Å². The van der Waals surface area contributed by atoms with E-state index in [0.29, 0.717) is 11.3 Å². The lowest BCUT2D eigenvalue weighted by molar-refractivity contribution is -0.180. The van der Waals surface area contributed by atoms with Crippen LogP contribution in [-0.4, -0.2) is 49.5 Å². The van der Waals surface area contributed by atoms with Crippen molar-refractivity contribution >= 4 is 23.4 Å². The SMILES string of the molecule is C[C@@H](SC1COC(c2ccc(C(=O)Nc3ccc(F)cc3)cc2)OC1)[C@](O)(Cn1cncn1)c1ccc(F)cc1F. The van der Waals surface area contributed by atoms with Gasteiger partial charge in [-0.25, -0.2) is 22.8 Å².